The molecule has 192 valence electrons. The molecule has 7 nitrogen and oxygen atoms in total. The fourth-order valence-corrected chi connectivity index (χ4v) is 5.96. The van der Waals surface area contributed by atoms with E-state index in [0.29, 0.717) is 57.8 Å². The van der Waals surface area contributed by atoms with Crippen LogP contribution in [0.3, 0.4) is 0 Å². The Morgan fingerprint density at radius 1 is 1.08 bits per heavy atom. The zero-order valence-electron chi connectivity index (χ0n) is 21.1. The van der Waals surface area contributed by atoms with Crippen LogP contribution < -0.4 is 20.3 Å². The Bertz CT molecular complexity index is 1460. The number of nitrogens with zero attached hydrogens (tertiary/aromatic N) is 1. The molecule has 0 amide bonds. The number of benzene rings is 2. The summed E-state index contributed by atoms with van der Waals surface area (Å²) in [7, 11) is 3.10. The number of thioether (sulfide) groups is 1. The lowest BCUT2D eigenvalue weighted by atomic mass is 9.69. The zero-order valence-corrected chi connectivity index (χ0v) is 21.9. The topological polar surface area (TPSA) is 93.3 Å². The minimum atomic E-state index is -0.660. The number of anilines is 1. The monoisotopic (exact) mass is 521 g/mol. The van der Waals surface area contributed by atoms with E-state index < -0.39 is 5.92 Å². The van der Waals surface area contributed by atoms with Crippen molar-refractivity contribution in [1.82, 2.24) is 9.97 Å². The second-order valence-corrected chi connectivity index (χ2v) is 11.0. The first-order valence-electron chi connectivity index (χ1n) is 12.0. The van der Waals surface area contributed by atoms with Gasteiger partial charge in [0, 0.05) is 29.0 Å². The molecule has 0 unspecified atom stereocenters. The second-order valence-electron chi connectivity index (χ2n) is 10.0. The lowest BCUT2D eigenvalue weighted by Crippen LogP contribution is -2.37. The van der Waals surface area contributed by atoms with Gasteiger partial charge in [0.05, 0.1) is 25.7 Å². The van der Waals surface area contributed by atoms with Crippen molar-refractivity contribution in [2.45, 2.75) is 43.5 Å². The average molecular weight is 522 g/mol. The molecule has 2 aromatic carbocycles. The van der Waals surface area contributed by atoms with Crippen molar-refractivity contribution < 1.29 is 18.7 Å². The number of aromatic amines is 1. The van der Waals surface area contributed by atoms with E-state index in [1.807, 2.05) is 12.1 Å². The molecular formula is C28H28FN3O4S. The smallest absolute Gasteiger partial charge is 0.257 e. The van der Waals surface area contributed by atoms with E-state index in [2.05, 4.69) is 24.1 Å². The van der Waals surface area contributed by atoms with Crippen LogP contribution in [0.1, 0.15) is 49.3 Å². The summed E-state index contributed by atoms with van der Waals surface area (Å²) in [5.74, 6) is 0.953. The molecule has 0 saturated heterocycles. The van der Waals surface area contributed by atoms with Gasteiger partial charge in [-0.25, -0.2) is 9.37 Å². The lowest BCUT2D eigenvalue weighted by Gasteiger charge is -2.38. The number of carbonyl (C=O) groups excluding carboxylic acids is 1. The third-order valence-electron chi connectivity index (χ3n) is 6.73. The van der Waals surface area contributed by atoms with Crippen molar-refractivity contribution in [2.24, 2.45) is 5.41 Å². The Kier molecular flexibility index (Phi) is 6.58. The number of ketones is 1. The molecule has 0 bridgehead atoms. The van der Waals surface area contributed by atoms with Crippen LogP contribution in [0.5, 0.6) is 11.5 Å². The van der Waals surface area contributed by atoms with Gasteiger partial charge in [0.25, 0.3) is 5.56 Å². The highest BCUT2D eigenvalue weighted by atomic mass is 32.2. The molecule has 0 radical (unpaired) electrons. The van der Waals surface area contributed by atoms with E-state index in [4.69, 9.17) is 14.5 Å². The Hall–Kier alpha value is -3.59. The number of carbonyl (C=O) groups is 1. The van der Waals surface area contributed by atoms with E-state index in [-0.39, 0.29) is 22.6 Å². The summed E-state index contributed by atoms with van der Waals surface area (Å²) in [6.07, 6.45) is 1.02. The van der Waals surface area contributed by atoms with Crippen LogP contribution in [-0.2, 0) is 10.5 Å². The fourth-order valence-electron chi connectivity index (χ4n) is 5.14. The molecule has 3 aromatic rings. The normalized spacial score (nSPS) is 18.1. The van der Waals surface area contributed by atoms with Gasteiger partial charge in [0.1, 0.15) is 11.6 Å². The summed E-state index contributed by atoms with van der Waals surface area (Å²) < 4.78 is 24.5. The number of hydrogen-bond acceptors (Lipinski definition) is 7. The van der Waals surface area contributed by atoms with Crippen LogP contribution in [0.25, 0.3) is 0 Å². The number of aromatic nitrogens is 2. The van der Waals surface area contributed by atoms with Crippen molar-refractivity contribution in [3.8, 4) is 11.5 Å². The first-order chi connectivity index (χ1) is 17.7. The highest BCUT2D eigenvalue weighted by Crippen LogP contribution is 2.50. The summed E-state index contributed by atoms with van der Waals surface area (Å²) in [5.41, 5.74) is 2.72. The van der Waals surface area contributed by atoms with Gasteiger partial charge in [-0.2, -0.15) is 0 Å². The Morgan fingerprint density at radius 2 is 1.84 bits per heavy atom. The van der Waals surface area contributed by atoms with Gasteiger partial charge in [0.2, 0.25) is 0 Å². The standard InChI is InChI=1S/C28H28FN3O4S/c1-28(2)12-18-22(19(33)13-28)21(17-6-5-7-20(35-3)24(17)36-4)23-25(30-18)31-27(32-26(23)34)37-14-15-8-10-16(29)11-9-15/h5-11,21H,12-14H2,1-4H3,(H2,30,31,32,34)/t21-/m0/s1. The number of hydrogen-bond donors (Lipinski definition) is 2. The van der Waals surface area contributed by atoms with Crippen LogP contribution >= 0.6 is 11.8 Å². The van der Waals surface area contributed by atoms with Gasteiger partial charge in [-0.3, -0.25) is 9.59 Å². The summed E-state index contributed by atoms with van der Waals surface area (Å²) >= 11 is 1.35. The predicted octanol–water partition coefficient (Wildman–Crippen LogP) is 5.42. The van der Waals surface area contributed by atoms with Gasteiger partial charge in [-0.1, -0.05) is 49.9 Å². The largest absolute Gasteiger partial charge is 0.493 e. The number of rotatable bonds is 6. The number of H-pyrrole nitrogens is 1. The Labute approximate surface area is 218 Å². The zero-order chi connectivity index (χ0) is 26.3. The highest BCUT2D eigenvalue weighted by molar-refractivity contribution is 7.98. The fraction of sp³-hybridized carbons (Fsp3) is 0.321. The van der Waals surface area contributed by atoms with Crippen LogP contribution in [-0.4, -0.2) is 30.0 Å². The SMILES string of the molecule is COc1cccc([C@H]2C3=C(CC(C)(C)CC3=O)Nc3nc(SCc4ccc(F)cc4)[nH]c(=O)c32)c1OC. The molecule has 5 rings (SSSR count). The molecule has 2 aliphatic rings. The van der Waals surface area contributed by atoms with Crippen LogP contribution in [0.2, 0.25) is 0 Å². The Balaban J connectivity index is 1.63. The number of Topliss-reactive ketones (excluding diaryl/α,β-unsaturated/α-hetero) is 1. The van der Waals surface area contributed by atoms with Crippen LogP contribution in [0.15, 0.2) is 63.7 Å². The van der Waals surface area contributed by atoms with Gasteiger partial charge >= 0.3 is 0 Å². The van der Waals surface area contributed by atoms with Crippen molar-refractivity contribution >= 4 is 23.4 Å². The number of nitrogens with one attached hydrogen (secondary N) is 2. The molecule has 37 heavy (non-hydrogen) atoms. The maximum Gasteiger partial charge on any atom is 0.257 e. The molecule has 9 heteroatoms. The first kappa shape index (κ1) is 25.1. The van der Waals surface area contributed by atoms with Gasteiger partial charge < -0.3 is 19.8 Å². The van der Waals surface area contributed by atoms with E-state index >= 15 is 0 Å². The molecule has 1 aromatic heterocycles. The van der Waals surface area contributed by atoms with E-state index in [1.165, 1.54) is 23.9 Å². The molecule has 2 N–H and O–H groups in total. The first-order valence-corrected chi connectivity index (χ1v) is 12.9. The maximum atomic E-state index is 13.6. The molecule has 1 aliphatic carbocycles. The predicted molar refractivity (Wildman–Crippen MR) is 141 cm³/mol. The molecular weight excluding hydrogens is 493 g/mol. The molecule has 0 spiro atoms. The molecule has 1 aliphatic heterocycles. The van der Waals surface area contributed by atoms with E-state index in [0.717, 1.165) is 11.3 Å². The summed E-state index contributed by atoms with van der Waals surface area (Å²) in [4.78, 5) is 34.7. The summed E-state index contributed by atoms with van der Waals surface area (Å²) in [6, 6.07) is 11.7. The van der Waals surface area contributed by atoms with Crippen LogP contribution in [0.4, 0.5) is 10.2 Å². The van der Waals surface area contributed by atoms with Gasteiger partial charge in [0.15, 0.2) is 22.4 Å². The van der Waals surface area contributed by atoms with Crippen molar-refractivity contribution in [2.75, 3.05) is 19.5 Å². The summed E-state index contributed by atoms with van der Waals surface area (Å²) in [5, 5.41) is 3.76. The number of allylic oxidation sites excluding steroid dienone is 2. The lowest BCUT2D eigenvalue weighted by molar-refractivity contribution is -0.118. The molecule has 0 saturated carbocycles. The number of methoxy groups -OCH3 is 2. The van der Waals surface area contributed by atoms with E-state index in [9.17, 15) is 14.0 Å². The number of para-hydroxylation sites is 1. The van der Waals surface area contributed by atoms with Crippen molar-refractivity contribution in [3.63, 3.8) is 0 Å². The van der Waals surface area contributed by atoms with Crippen molar-refractivity contribution in [3.05, 3.63) is 86.6 Å². The van der Waals surface area contributed by atoms with Crippen molar-refractivity contribution in [1.29, 1.82) is 0 Å². The number of halogens is 1. The average Bonchev–Trinajstić information content (AvgIpc) is 2.85. The highest BCUT2D eigenvalue weighted by Gasteiger charge is 2.43. The Morgan fingerprint density at radius 3 is 2.54 bits per heavy atom. The van der Waals surface area contributed by atoms with Gasteiger partial charge in [-0.05, 0) is 35.6 Å². The minimum Gasteiger partial charge on any atom is -0.493 e. The maximum absolute atomic E-state index is 13.6. The third-order valence-corrected chi connectivity index (χ3v) is 7.68. The van der Waals surface area contributed by atoms with Crippen LogP contribution in [0, 0.1) is 11.2 Å². The van der Waals surface area contributed by atoms with Gasteiger partial charge in [-0.15, -0.1) is 0 Å². The second kappa shape index (κ2) is 9.70. The number of fused-ring (bicyclic) bond motifs is 1. The molecule has 1 atom stereocenters. The van der Waals surface area contributed by atoms with E-state index in [1.54, 1.807) is 32.4 Å². The molecule has 2 heterocycles. The quantitative estimate of drug-likeness (QED) is 0.331. The molecule has 0 fully saturated rings. The third kappa shape index (κ3) is 4.75. The number of ether oxygens (including phenoxy) is 2. The minimum absolute atomic E-state index is 0.00608. The summed E-state index contributed by atoms with van der Waals surface area (Å²) in [6.45, 7) is 4.12.